The molecule has 1 aromatic heterocycles. The molecule has 0 unspecified atom stereocenters. The molecule has 0 radical (unpaired) electrons. The zero-order valence-corrected chi connectivity index (χ0v) is 18.9. The number of benzene rings is 1. The third-order valence-corrected chi connectivity index (χ3v) is 4.71. The van der Waals surface area contributed by atoms with E-state index in [4.69, 9.17) is 14.7 Å². The third kappa shape index (κ3) is 7.57. The molecule has 3 amide bonds. The first kappa shape index (κ1) is 23.7. The molecule has 33 heavy (non-hydrogen) atoms. The molecule has 10 heteroatoms. The van der Waals surface area contributed by atoms with Crippen molar-refractivity contribution in [2.75, 3.05) is 23.8 Å². The van der Waals surface area contributed by atoms with Crippen molar-refractivity contribution in [1.29, 1.82) is 5.26 Å². The third-order valence-electron chi connectivity index (χ3n) is 4.71. The molecule has 1 aliphatic heterocycles. The van der Waals surface area contributed by atoms with E-state index in [0.29, 0.717) is 35.9 Å². The number of likely N-dealkylation sites (tertiary alicyclic amines) is 1. The predicted molar refractivity (Wildman–Crippen MR) is 123 cm³/mol. The van der Waals surface area contributed by atoms with E-state index < -0.39 is 11.6 Å². The normalized spacial score (nSPS) is 14.1. The number of ether oxygens (including phenoxy) is 2. The minimum Gasteiger partial charge on any atom is -0.490 e. The van der Waals surface area contributed by atoms with Gasteiger partial charge in [-0.15, -0.1) is 0 Å². The lowest BCUT2D eigenvalue weighted by molar-refractivity contribution is 0.0126. The Morgan fingerprint density at radius 1 is 1.12 bits per heavy atom. The number of rotatable bonds is 5. The summed E-state index contributed by atoms with van der Waals surface area (Å²) in [6.45, 7) is 6.73. The van der Waals surface area contributed by atoms with Crippen LogP contribution in [0, 0.1) is 11.3 Å². The van der Waals surface area contributed by atoms with Gasteiger partial charge in [-0.3, -0.25) is 10.9 Å². The quantitative estimate of drug-likeness (QED) is 0.587. The van der Waals surface area contributed by atoms with E-state index >= 15 is 0 Å². The van der Waals surface area contributed by atoms with Crippen molar-refractivity contribution in [3.63, 3.8) is 0 Å². The van der Waals surface area contributed by atoms with Crippen molar-refractivity contribution in [2.24, 2.45) is 0 Å². The number of hydrogen-bond donors (Lipinski definition) is 3. The predicted octanol–water partition coefficient (Wildman–Crippen LogP) is 3.88. The van der Waals surface area contributed by atoms with Crippen molar-refractivity contribution < 1.29 is 19.1 Å². The van der Waals surface area contributed by atoms with Crippen LogP contribution in [0.2, 0.25) is 0 Å². The maximum absolute atomic E-state index is 12.2. The van der Waals surface area contributed by atoms with Crippen LogP contribution in [0.1, 0.15) is 39.2 Å². The average molecular weight is 453 g/mol. The van der Waals surface area contributed by atoms with Gasteiger partial charge in [-0.1, -0.05) is 0 Å². The van der Waals surface area contributed by atoms with Crippen LogP contribution in [0.3, 0.4) is 0 Å². The summed E-state index contributed by atoms with van der Waals surface area (Å²) in [5.41, 5.74) is 5.65. The number of nitrogens with one attached hydrogen (secondary N) is 3. The number of hydrogen-bond acceptors (Lipinski definition) is 7. The van der Waals surface area contributed by atoms with Crippen LogP contribution < -0.4 is 20.9 Å². The summed E-state index contributed by atoms with van der Waals surface area (Å²) >= 11 is 0. The number of carbonyl (C=O) groups is 2. The summed E-state index contributed by atoms with van der Waals surface area (Å²) in [7, 11) is 0. The number of pyridine rings is 1. The largest absolute Gasteiger partial charge is 0.490 e. The molecule has 1 aromatic carbocycles. The minimum absolute atomic E-state index is 0.00918. The number of nitriles is 1. The smallest absolute Gasteiger partial charge is 0.410 e. The van der Waals surface area contributed by atoms with Crippen LogP contribution in [-0.2, 0) is 4.74 Å². The van der Waals surface area contributed by atoms with Crippen molar-refractivity contribution >= 4 is 23.6 Å². The Kier molecular flexibility index (Phi) is 7.56. The lowest BCUT2D eigenvalue weighted by Crippen LogP contribution is -2.44. The van der Waals surface area contributed by atoms with Crippen LogP contribution in [0.4, 0.5) is 21.1 Å². The second kappa shape index (κ2) is 10.5. The topological polar surface area (TPSA) is 129 Å². The monoisotopic (exact) mass is 452 g/mol. The second-order valence-electron chi connectivity index (χ2n) is 8.56. The summed E-state index contributed by atoms with van der Waals surface area (Å²) in [6, 6.07) is 11.7. The number of carbonyl (C=O) groups excluding carboxylic acids is 2. The standard InChI is InChI=1S/C23H28N6O4/c1-23(2,3)33-22(31)29-12-10-19(11-13-29)32-18-7-5-17(6-8-18)26-21(30)28-27-20-9-4-16(14-24)15-25-20/h4-9,15,19H,10-13H2,1-3H3,(H,25,27)(H2,26,28,30). The molecule has 174 valence electrons. The number of nitrogens with zero attached hydrogens (tertiary/aromatic N) is 3. The van der Waals surface area contributed by atoms with Gasteiger partial charge in [-0.05, 0) is 57.2 Å². The van der Waals surface area contributed by atoms with Crippen LogP contribution in [0.25, 0.3) is 0 Å². The number of amides is 3. The number of hydrazine groups is 1. The Morgan fingerprint density at radius 3 is 2.39 bits per heavy atom. The zero-order chi connectivity index (χ0) is 23.8. The van der Waals surface area contributed by atoms with Gasteiger partial charge >= 0.3 is 12.1 Å². The van der Waals surface area contributed by atoms with Crippen LogP contribution >= 0.6 is 0 Å². The zero-order valence-electron chi connectivity index (χ0n) is 18.9. The molecule has 3 N–H and O–H groups in total. The van der Waals surface area contributed by atoms with E-state index in [-0.39, 0.29) is 12.2 Å². The highest BCUT2D eigenvalue weighted by atomic mass is 16.6. The molecule has 2 aromatic rings. The van der Waals surface area contributed by atoms with Crippen LogP contribution in [0.15, 0.2) is 42.6 Å². The first-order valence-corrected chi connectivity index (χ1v) is 10.7. The van der Waals surface area contributed by atoms with Gasteiger partial charge in [-0.25, -0.2) is 14.6 Å². The molecular weight excluding hydrogens is 424 g/mol. The summed E-state index contributed by atoms with van der Waals surface area (Å²) in [5, 5.41) is 11.5. The lowest BCUT2D eigenvalue weighted by Gasteiger charge is -2.33. The number of urea groups is 1. The molecule has 0 spiro atoms. The molecule has 1 aliphatic rings. The Hall–Kier alpha value is -4.00. The maximum Gasteiger partial charge on any atom is 0.410 e. The average Bonchev–Trinajstić information content (AvgIpc) is 2.79. The van der Waals surface area contributed by atoms with Crippen LogP contribution in [-0.4, -0.2) is 46.8 Å². The van der Waals surface area contributed by atoms with Crippen molar-refractivity contribution in [1.82, 2.24) is 15.3 Å². The van der Waals surface area contributed by atoms with Gasteiger partial charge in [0, 0.05) is 37.8 Å². The van der Waals surface area contributed by atoms with Gasteiger partial charge in [0.2, 0.25) is 0 Å². The Morgan fingerprint density at radius 2 is 1.82 bits per heavy atom. The van der Waals surface area contributed by atoms with E-state index in [9.17, 15) is 9.59 Å². The van der Waals surface area contributed by atoms with Gasteiger partial charge in [-0.2, -0.15) is 5.26 Å². The highest BCUT2D eigenvalue weighted by Crippen LogP contribution is 2.22. The first-order valence-electron chi connectivity index (χ1n) is 10.7. The molecule has 0 atom stereocenters. The fraction of sp³-hybridized carbons (Fsp3) is 0.391. The minimum atomic E-state index is -0.506. The molecule has 1 saturated heterocycles. The molecule has 0 bridgehead atoms. The van der Waals surface area contributed by atoms with Gasteiger partial charge in [0.05, 0.1) is 5.56 Å². The molecule has 3 rings (SSSR count). The number of aromatic nitrogens is 1. The summed E-state index contributed by atoms with van der Waals surface area (Å²) in [4.78, 5) is 29.9. The van der Waals surface area contributed by atoms with E-state index in [0.717, 1.165) is 12.8 Å². The fourth-order valence-electron chi connectivity index (χ4n) is 3.11. The summed E-state index contributed by atoms with van der Waals surface area (Å²) in [6.07, 6.45) is 2.56. The van der Waals surface area contributed by atoms with E-state index in [1.165, 1.54) is 6.20 Å². The maximum atomic E-state index is 12.2. The summed E-state index contributed by atoms with van der Waals surface area (Å²) in [5.74, 6) is 1.10. The Bertz CT molecular complexity index is 988. The van der Waals surface area contributed by atoms with Crippen molar-refractivity contribution in [3.05, 3.63) is 48.2 Å². The van der Waals surface area contributed by atoms with Crippen LogP contribution in [0.5, 0.6) is 5.75 Å². The van der Waals surface area contributed by atoms with E-state index in [1.807, 2.05) is 26.8 Å². The fourth-order valence-corrected chi connectivity index (χ4v) is 3.11. The van der Waals surface area contributed by atoms with Crippen molar-refractivity contribution in [3.8, 4) is 11.8 Å². The second-order valence-corrected chi connectivity index (χ2v) is 8.56. The van der Waals surface area contributed by atoms with Gasteiger partial charge in [0.25, 0.3) is 0 Å². The van der Waals surface area contributed by atoms with Gasteiger partial charge in [0.1, 0.15) is 29.3 Å². The Labute approximate surface area is 192 Å². The molecule has 2 heterocycles. The van der Waals surface area contributed by atoms with Crippen molar-refractivity contribution in [2.45, 2.75) is 45.3 Å². The van der Waals surface area contributed by atoms with E-state index in [1.54, 1.807) is 41.3 Å². The molecular formula is C23H28N6O4. The molecule has 0 aliphatic carbocycles. The number of piperidine rings is 1. The van der Waals surface area contributed by atoms with E-state index in [2.05, 4.69) is 21.2 Å². The highest BCUT2D eigenvalue weighted by molar-refractivity contribution is 5.89. The first-order chi connectivity index (χ1) is 15.7. The van der Waals surface area contributed by atoms with Gasteiger partial charge < -0.3 is 19.7 Å². The molecule has 0 saturated carbocycles. The highest BCUT2D eigenvalue weighted by Gasteiger charge is 2.27. The number of anilines is 2. The molecule has 1 fully saturated rings. The molecule has 10 nitrogen and oxygen atoms in total. The lowest BCUT2D eigenvalue weighted by atomic mass is 10.1. The Balaban J connectivity index is 1.40. The summed E-state index contributed by atoms with van der Waals surface area (Å²) < 4.78 is 11.4. The van der Waals surface area contributed by atoms with Gasteiger partial charge in [0.15, 0.2) is 0 Å². The SMILES string of the molecule is CC(C)(C)OC(=O)N1CCC(Oc2ccc(NC(=O)NNc3ccc(C#N)cn3)cc2)CC1.